The molecule has 0 fully saturated rings. The molecular formula is C9H6N4O2. The zero-order valence-corrected chi connectivity index (χ0v) is 7.48. The molecule has 0 unspecified atom stereocenters. The third kappa shape index (κ3) is 0.954. The monoisotopic (exact) mass is 202 g/mol. The lowest BCUT2D eigenvalue weighted by Gasteiger charge is -1.86. The van der Waals surface area contributed by atoms with Crippen LogP contribution in [-0.4, -0.2) is 31.2 Å². The molecule has 0 amide bonds. The van der Waals surface area contributed by atoms with Crippen LogP contribution >= 0.6 is 0 Å². The number of rotatable bonds is 1. The van der Waals surface area contributed by atoms with E-state index < -0.39 is 5.97 Å². The van der Waals surface area contributed by atoms with Gasteiger partial charge in [0.25, 0.3) is 0 Å². The van der Waals surface area contributed by atoms with Crippen LogP contribution in [0.3, 0.4) is 0 Å². The van der Waals surface area contributed by atoms with Crippen LogP contribution in [0.15, 0.2) is 18.3 Å². The summed E-state index contributed by atoms with van der Waals surface area (Å²) in [7, 11) is 0. The first-order valence-corrected chi connectivity index (χ1v) is 4.31. The molecule has 3 N–H and O–H groups in total. The number of nitrogens with one attached hydrogen (secondary N) is 2. The topological polar surface area (TPSA) is 94.7 Å². The van der Waals surface area contributed by atoms with Crippen LogP contribution in [0.25, 0.3) is 22.4 Å². The van der Waals surface area contributed by atoms with E-state index in [9.17, 15) is 4.79 Å². The predicted octanol–water partition coefficient (Wildman–Crippen LogP) is 1.09. The standard InChI is InChI=1S/C9H6N4O2/c14-9(15)8-6-7(12-13-8)5-4(11-6)2-1-3-10-5/h1-3,12-13H,(H,14,15). The highest BCUT2D eigenvalue weighted by atomic mass is 16.4. The molecule has 1 aromatic rings. The molecule has 1 aromatic heterocycles. The number of fused-ring (bicyclic) bond motifs is 3. The largest absolute Gasteiger partial charge is 0.476 e. The van der Waals surface area contributed by atoms with E-state index in [-0.39, 0.29) is 5.69 Å². The lowest BCUT2D eigenvalue weighted by molar-refractivity contribution is 0.0691. The van der Waals surface area contributed by atoms with Crippen molar-refractivity contribution in [1.29, 1.82) is 0 Å². The zero-order chi connectivity index (χ0) is 10.4. The summed E-state index contributed by atoms with van der Waals surface area (Å²) >= 11 is 0. The average Bonchev–Trinajstić information content (AvgIpc) is 2.74. The summed E-state index contributed by atoms with van der Waals surface area (Å²) in [6, 6.07) is 3.56. The Bertz CT molecular complexity index is 624. The molecule has 0 aromatic carbocycles. The van der Waals surface area contributed by atoms with Crippen molar-refractivity contribution in [3.8, 4) is 11.4 Å². The SMILES string of the molecule is O=C(O)c1[nH][nH]c2c3ncccc3nc1-2. The smallest absolute Gasteiger partial charge is 0.356 e. The van der Waals surface area contributed by atoms with Gasteiger partial charge < -0.3 is 5.11 Å². The Morgan fingerprint density at radius 2 is 2.27 bits per heavy atom. The van der Waals surface area contributed by atoms with Crippen LogP contribution in [0, 0.1) is 0 Å². The number of H-pyrrole nitrogens is 2. The fraction of sp³-hybridized carbons (Fsp3) is 0. The van der Waals surface area contributed by atoms with Gasteiger partial charge in [-0.25, -0.2) is 9.78 Å². The fourth-order valence-corrected chi connectivity index (χ4v) is 1.61. The second-order valence-corrected chi connectivity index (χ2v) is 3.14. The van der Waals surface area contributed by atoms with Crippen molar-refractivity contribution in [2.24, 2.45) is 0 Å². The first-order chi connectivity index (χ1) is 7.27. The number of pyridine rings is 1. The zero-order valence-electron chi connectivity index (χ0n) is 7.48. The van der Waals surface area contributed by atoms with Gasteiger partial charge in [0.05, 0.1) is 5.52 Å². The van der Waals surface area contributed by atoms with Crippen molar-refractivity contribution < 1.29 is 9.90 Å². The van der Waals surface area contributed by atoms with Gasteiger partial charge in [-0.3, -0.25) is 15.2 Å². The number of carbonyl (C=O) groups is 1. The van der Waals surface area contributed by atoms with Crippen LogP contribution in [-0.2, 0) is 0 Å². The van der Waals surface area contributed by atoms with Crippen LogP contribution in [0.2, 0.25) is 0 Å². The molecule has 74 valence electrons. The van der Waals surface area contributed by atoms with E-state index in [4.69, 9.17) is 5.11 Å². The molecule has 0 spiro atoms. The fourth-order valence-electron chi connectivity index (χ4n) is 1.61. The van der Waals surface area contributed by atoms with Crippen LogP contribution in [0.4, 0.5) is 0 Å². The molecule has 0 radical (unpaired) electrons. The molecule has 2 aliphatic rings. The van der Waals surface area contributed by atoms with Gasteiger partial charge in [0.15, 0.2) is 5.69 Å². The van der Waals surface area contributed by atoms with Gasteiger partial charge in [-0.1, -0.05) is 0 Å². The molecule has 0 bridgehead atoms. The molecule has 2 aliphatic heterocycles. The van der Waals surface area contributed by atoms with E-state index in [2.05, 4.69) is 20.2 Å². The number of nitrogens with zero attached hydrogens (tertiary/aromatic N) is 2. The van der Waals surface area contributed by atoms with Gasteiger partial charge >= 0.3 is 5.97 Å². The number of carboxylic acid groups (broad SMARTS) is 1. The summed E-state index contributed by atoms with van der Waals surface area (Å²) < 4.78 is 0. The molecule has 0 aliphatic carbocycles. The lowest BCUT2D eigenvalue weighted by atomic mass is 10.2. The number of hydrogen-bond acceptors (Lipinski definition) is 3. The molecule has 0 atom stereocenters. The Hall–Kier alpha value is -2.37. The highest BCUT2D eigenvalue weighted by Crippen LogP contribution is 2.29. The summed E-state index contributed by atoms with van der Waals surface area (Å²) in [6.07, 6.45) is 1.64. The first kappa shape index (κ1) is 7.98. The van der Waals surface area contributed by atoms with E-state index in [0.29, 0.717) is 22.4 Å². The van der Waals surface area contributed by atoms with Crippen LogP contribution < -0.4 is 0 Å². The van der Waals surface area contributed by atoms with E-state index in [1.165, 1.54) is 0 Å². The second-order valence-electron chi connectivity index (χ2n) is 3.14. The van der Waals surface area contributed by atoms with E-state index in [1.54, 1.807) is 18.3 Å². The highest BCUT2D eigenvalue weighted by Gasteiger charge is 2.22. The Balaban J connectivity index is 2.40. The molecule has 15 heavy (non-hydrogen) atoms. The number of carboxylic acids is 1. The number of aromatic carboxylic acids is 1. The van der Waals surface area contributed by atoms with Gasteiger partial charge in [-0.05, 0) is 12.1 Å². The summed E-state index contributed by atoms with van der Waals surface area (Å²) in [4.78, 5) is 19.2. The summed E-state index contributed by atoms with van der Waals surface area (Å²) in [6.45, 7) is 0. The van der Waals surface area contributed by atoms with Crippen molar-refractivity contribution >= 4 is 17.0 Å². The molecule has 6 nitrogen and oxygen atoms in total. The minimum Gasteiger partial charge on any atom is -0.476 e. The Morgan fingerprint density at radius 3 is 3.07 bits per heavy atom. The van der Waals surface area contributed by atoms with E-state index in [0.717, 1.165) is 0 Å². The average molecular weight is 202 g/mol. The second kappa shape index (κ2) is 2.57. The normalized spacial score (nSPS) is 11.2. The maximum absolute atomic E-state index is 10.8. The van der Waals surface area contributed by atoms with Gasteiger partial charge in [-0.15, -0.1) is 0 Å². The lowest BCUT2D eigenvalue weighted by Crippen LogP contribution is -1.97. The minimum atomic E-state index is -1.04. The molecule has 3 rings (SSSR count). The number of aromatic nitrogens is 4. The molecule has 6 heteroatoms. The van der Waals surface area contributed by atoms with Gasteiger partial charge in [0.1, 0.15) is 16.9 Å². The van der Waals surface area contributed by atoms with E-state index >= 15 is 0 Å². The molecule has 0 saturated carbocycles. The summed E-state index contributed by atoms with van der Waals surface area (Å²) in [5.74, 6) is -1.04. The van der Waals surface area contributed by atoms with Crippen molar-refractivity contribution in [3.05, 3.63) is 24.0 Å². The van der Waals surface area contributed by atoms with Gasteiger partial charge in [0, 0.05) is 6.20 Å². The minimum absolute atomic E-state index is 0.0583. The van der Waals surface area contributed by atoms with Gasteiger partial charge in [0.2, 0.25) is 0 Å². The maximum Gasteiger partial charge on any atom is 0.356 e. The highest BCUT2D eigenvalue weighted by molar-refractivity contribution is 6.00. The predicted molar refractivity (Wildman–Crippen MR) is 51.8 cm³/mol. The van der Waals surface area contributed by atoms with Crippen molar-refractivity contribution in [3.63, 3.8) is 0 Å². The van der Waals surface area contributed by atoms with Crippen LogP contribution in [0.1, 0.15) is 10.5 Å². The molecular weight excluding hydrogens is 196 g/mol. The number of hydrogen-bond donors (Lipinski definition) is 3. The first-order valence-electron chi connectivity index (χ1n) is 4.31. The Kier molecular flexibility index (Phi) is 1.37. The Morgan fingerprint density at radius 1 is 1.40 bits per heavy atom. The third-order valence-electron chi connectivity index (χ3n) is 2.26. The van der Waals surface area contributed by atoms with E-state index in [1.807, 2.05) is 0 Å². The van der Waals surface area contributed by atoms with Crippen LogP contribution in [0.5, 0.6) is 0 Å². The van der Waals surface area contributed by atoms with Gasteiger partial charge in [-0.2, -0.15) is 0 Å². The van der Waals surface area contributed by atoms with Crippen molar-refractivity contribution in [2.75, 3.05) is 0 Å². The van der Waals surface area contributed by atoms with Crippen molar-refractivity contribution in [2.45, 2.75) is 0 Å². The quantitative estimate of drug-likeness (QED) is 0.550. The van der Waals surface area contributed by atoms with Crippen molar-refractivity contribution in [1.82, 2.24) is 20.2 Å². The summed E-state index contributed by atoms with van der Waals surface area (Å²) in [5.41, 5.74) is 2.47. The third-order valence-corrected chi connectivity index (χ3v) is 2.26. The number of aromatic amines is 2. The molecule has 3 heterocycles. The Labute approximate surface area is 83.3 Å². The maximum atomic E-state index is 10.8. The summed E-state index contributed by atoms with van der Waals surface area (Å²) in [5, 5.41) is 14.2. The molecule has 0 saturated heterocycles.